The Balaban J connectivity index is 2.07. The first-order chi connectivity index (χ1) is 13.3. The average Bonchev–Trinajstić information content (AvgIpc) is 2.70. The van der Waals surface area contributed by atoms with E-state index in [0.29, 0.717) is 23.6 Å². The molecule has 150 valence electrons. The van der Waals surface area contributed by atoms with Crippen LogP contribution < -0.4 is 20.1 Å². The Kier molecular flexibility index (Phi) is 7.44. The predicted octanol–water partition coefficient (Wildman–Crippen LogP) is 3.08. The summed E-state index contributed by atoms with van der Waals surface area (Å²) in [5.41, 5.74) is 2.54. The highest BCUT2D eigenvalue weighted by Crippen LogP contribution is 2.22. The molecule has 1 unspecified atom stereocenters. The zero-order valence-electron chi connectivity index (χ0n) is 17.0. The molecule has 0 radical (unpaired) electrons. The van der Waals surface area contributed by atoms with Gasteiger partial charge in [-0.3, -0.25) is 9.59 Å². The summed E-state index contributed by atoms with van der Waals surface area (Å²) >= 11 is 0. The van der Waals surface area contributed by atoms with E-state index in [1.807, 2.05) is 45.0 Å². The fraction of sp³-hybridized carbons (Fsp3) is 0.364. The summed E-state index contributed by atoms with van der Waals surface area (Å²) in [6.07, 6.45) is 0. The van der Waals surface area contributed by atoms with Gasteiger partial charge in [-0.25, -0.2) is 0 Å². The van der Waals surface area contributed by atoms with Crippen LogP contribution in [0.25, 0.3) is 0 Å². The van der Waals surface area contributed by atoms with Crippen LogP contribution in [0.3, 0.4) is 0 Å². The van der Waals surface area contributed by atoms with Gasteiger partial charge in [0.1, 0.15) is 17.5 Å². The van der Waals surface area contributed by atoms with Gasteiger partial charge < -0.3 is 20.1 Å². The second-order valence-electron chi connectivity index (χ2n) is 7.00. The van der Waals surface area contributed by atoms with Crippen molar-refractivity contribution >= 4 is 11.8 Å². The van der Waals surface area contributed by atoms with Crippen molar-refractivity contribution in [2.75, 3.05) is 14.2 Å². The minimum Gasteiger partial charge on any atom is -0.497 e. The number of aryl methyl sites for hydroxylation is 1. The highest BCUT2D eigenvalue weighted by atomic mass is 16.5. The molecule has 0 spiro atoms. The quantitative estimate of drug-likeness (QED) is 0.733. The molecule has 0 heterocycles. The lowest BCUT2D eigenvalue weighted by molar-refractivity contribution is -0.124. The number of carbonyl (C=O) groups excluding carboxylic acids is 2. The van der Waals surface area contributed by atoms with Crippen LogP contribution in [0.1, 0.15) is 35.3 Å². The van der Waals surface area contributed by atoms with Crippen LogP contribution in [-0.2, 0) is 11.3 Å². The number of ether oxygens (including phenoxy) is 2. The van der Waals surface area contributed by atoms with E-state index in [4.69, 9.17) is 9.47 Å². The molecule has 2 rings (SSSR count). The number of benzene rings is 2. The van der Waals surface area contributed by atoms with Crippen LogP contribution in [0.15, 0.2) is 42.5 Å². The average molecular weight is 384 g/mol. The summed E-state index contributed by atoms with van der Waals surface area (Å²) in [7, 11) is 3.04. The zero-order chi connectivity index (χ0) is 20.7. The fourth-order valence-corrected chi connectivity index (χ4v) is 2.70. The van der Waals surface area contributed by atoms with Gasteiger partial charge in [0.05, 0.1) is 14.2 Å². The van der Waals surface area contributed by atoms with E-state index >= 15 is 0 Å². The van der Waals surface area contributed by atoms with Crippen molar-refractivity contribution in [1.82, 2.24) is 10.6 Å². The number of amides is 2. The van der Waals surface area contributed by atoms with Crippen molar-refractivity contribution in [3.05, 3.63) is 59.2 Å². The number of methoxy groups -OCH3 is 2. The van der Waals surface area contributed by atoms with Crippen molar-refractivity contribution < 1.29 is 19.1 Å². The Morgan fingerprint density at radius 1 is 0.964 bits per heavy atom. The maximum absolute atomic E-state index is 12.7. The lowest BCUT2D eigenvalue weighted by Crippen LogP contribution is -2.49. The zero-order valence-corrected chi connectivity index (χ0v) is 17.0. The van der Waals surface area contributed by atoms with E-state index in [2.05, 4.69) is 10.6 Å². The summed E-state index contributed by atoms with van der Waals surface area (Å²) in [6, 6.07) is 12.2. The Labute approximate surface area is 166 Å². The summed E-state index contributed by atoms with van der Waals surface area (Å²) in [4.78, 5) is 25.4. The van der Waals surface area contributed by atoms with Gasteiger partial charge in [-0.05, 0) is 30.5 Å². The smallest absolute Gasteiger partial charge is 0.252 e. The molecule has 1 atom stereocenters. The Hall–Kier alpha value is -3.02. The normalized spacial score (nSPS) is 11.6. The number of hydrogen-bond acceptors (Lipinski definition) is 4. The molecule has 0 aromatic heterocycles. The van der Waals surface area contributed by atoms with Gasteiger partial charge in [0.15, 0.2) is 0 Å². The van der Waals surface area contributed by atoms with Crippen molar-refractivity contribution in [2.45, 2.75) is 33.4 Å². The lowest BCUT2D eigenvalue weighted by atomic mass is 10.0. The first-order valence-corrected chi connectivity index (χ1v) is 9.21. The fourth-order valence-electron chi connectivity index (χ4n) is 2.70. The number of rotatable bonds is 8. The van der Waals surface area contributed by atoms with E-state index in [9.17, 15) is 9.59 Å². The molecule has 0 bridgehead atoms. The molecule has 0 aliphatic carbocycles. The minimum absolute atomic E-state index is 0.0746. The molecule has 6 heteroatoms. The molecule has 0 aliphatic rings. The van der Waals surface area contributed by atoms with Crippen LogP contribution in [0.4, 0.5) is 0 Å². The van der Waals surface area contributed by atoms with Gasteiger partial charge in [0.25, 0.3) is 5.91 Å². The maximum atomic E-state index is 12.7. The third-order valence-corrected chi connectivity index (χ3v) is 4.44. The Morgan fingerprint density at radius 3 is 2.04 bits per heavy atom. The first-order valence-electron chi connectivity index (χ1n) is 9.21. The highest BCUT2D eigenvalue weighted by Gasteiger charge is 2.25. The van der Waals surface area contributed by atoms with E-state index < -0.39 is 6.04 Å². The Bertz CT molecular complexity index is 794. The first kappa shape index (κ1) is 21.3. The summed E-state index contributed by atoms with van der Waals surface area (Å²) < 4.78 is 10.4. The van der Waals surface area contributed by atoms with Crippen LogP contribution in [0, 0.1) is 12.8 Å². The molecule has 2 N–H and O–H groups in total. The SMILES string of the molecule is COc1cc(OC)cc(C(=O)NC(C(=O)NCc2ccc(C)cc2)C(C)C)c1. The molecule has 2 amide bonds. The van der Waals surface area contributed by atoms with Gasteiger partial charge in [-0.15, -0.1) is 0 Å². The van der Waals surface area contributed by atoms with Crippen molar-refractivity contribution in [3.8, 4) is 11.5 Å². The van der Waals surface area contributed by atoms with Crippen molar-refractivity contribution in [1.29, 1.82) is 0 Å². The molecular formula is C22H28N2O4. The Morgan fingerprint density at radius 2 is 1.54 bits per heavy atom. The van der Waals surface area contributed by atoms with Crippen molar-refractivity contribution in [2.24, 2.45) is 5.92 Å². The van der Waals surface area contributed by atoms with Crippen LogP contribution in [0.2, 0.25) is 0 Å². The monoisotopic (exact) mass is 384 g/mol. The molecule has 2 aromatic carbocycles. The van der Waals surface area contributed by atoms with Gasteiger partial charge in [-0.2, -0.15) is 0 Å². The number of hydrogen-bond donors (Lipinski definition) is 2. The third kappa shape index (κ3) is 5.74. The summed E-state index contributed by atoms with van der Waals surface area (Å²) in [5.74, 6) is 0.360. The van der Waals surface area contributed by atoms with Gasteiger partial charge in [0.2, 0.25) is 5.91 Å². The minimum atomic E-state index is -0.657. The second kappa shape index (κ2) is 9.78. The molecule has 0 saturated heterocycles. The lowest BCUT2D eigenvalue weighted by Gasteiger charge is -2.22. The largest absolute Gasteiger partial charge is 0.497 e. The molecular weight excluding hydrogens is 356 g/mol. The second-order valence-corrected chi connectivity index (χ2v) is 7.00. The van der Waals surface area contributed by atoms with Crippen LogP contribution in [0.5, 0.6) is 11.5 Å². The third-order valence-electron chi connectivity index (χ3n) is 4.44. The summed E-state index contributed by atoms with van der Waals surface area (Å²) in [5, 5.41) is 5.72. The molecule has 0 saturated carbocycles. The van der Waals surface area contributed by atoms with Crippen molar-refractivity contribution in [3.63, 3.8) is 0 Å². The van der Waals surface area contributed by atoms with E-state index in [0.717, 1.165) is 11.1 Å². The molecule has 0 fully saturated rings. The van der Waals surface area contributed by atoms with E-state index in [1.165, 1.54) is 14.2 Å². The molecule has 0 aliphatic heterocycles. The summed E-state index contributed by atoms with van der Waals surface area (Å²) in [6.45, 7) is 6.20. The molecule has 2 aromatic rings. The maximum Gasteiger partial charge on any atom is 0.252 e. The standard InChI is InChI=1S/C22H28N2O4/c1-14(2)20(22(26)23-13-16-8-6-15(3)7-9-16)24-21(25)17-10-18(27-4)12-19(11-17)28-5/h6-12,14,20H,13H2,1-5H3,(H,23,26)(H,24,25). The van der Waals surface area contributed by atoms with E-state index in [1.54, 1.807) is 18.2 Å². The topological polar surface area (TPSA) is 76.7 Å². The molecule has 28 heavy (non-hydrogen) atoms. The predicted molar refractivity (Wildman–Crippen MR) is 109 cm³/mol. The van der Waals surface area contributed by atoms with E-state index in [-0.39, 0.29) is 17.7 Å². The molecule has 6 nitrogen and oxygen atoms in total. The highest BCUT2D eigenvalue weighted by molar-refractivity contribution is 5.98. The van der Waals surface area contributed by atoms with Gasteiger partial charge in [0, 0.05) is 18.2 Å². The number of nitrogens with one attached hydrogen (secondary N) is 2. The number of carbonyl (C=O) groups is 2. The van der Waals surface area contributed by atoms with Gasteiger partial charge in [-0.1, -0.05) is 43.7 Å². The van der Waals surface area contributed by atoms with Crippen LogP contribution >= 0.6 is 0 Å². The van der Waals surface area contributed by atoms with Crippen LogP contribution in [-0.4, -0.2) is 32.1 Å². The van der Waals surface area contributed by atoms with Gasteiger partial charge >= 0.3 is 0 Å².